The first kappa shape index (κ1) is 14.5. The van der Waals surface area contributed by atoms with Gasteiger partial charge in [0.2, 0.25) is 0 Å². The van der Waals surface area contributed by atoms with Crippen molar-refractivity contribution in [1.29, 1.82) is 0 Å². The summed E-state index contributed by atoms with van der Waals surface area (Å²) in [4.78, 5) is 25.6. The van der Waals surface area contributed by atoms with Crippen molar-refractivity contribution < 1.29 is 14.3 Å². The fourth-order valence-electron chi connectivity index (χ4n) is 2.00. The van der Waals surface area contributed by atoms with Crippen LogP contribution in [0.25, 0.3) is 10.1 Å². The predicted molar refractivity (Wildman–Crippen MR) is 80.0 cm³/mol. The Hall–Kier alpha value is -1.88. The number of fused-ring (bicyclic) bond motifs is 1. The number of esters is 1. The van der Waals surface area contributed by atoms with Crippen molar-refractivity contribution >= 4 is 33.3 Å². The molecule has 0 radical (unpaired) electrons. The van der Waals surface area contributed by atoms with E-state index in [1.54, 1.807) is 6.92 Å². The van der Waals surface area contributed by atoms with E-state index in [9.17, 15) is 9.59 Å². The third-order valence-corrected chi connectivity index (χ3v) is 3.97. The van der Waals surface area contributed by atoms with Crippen LogP contribution in [0.15, 0.2) is 29.6 Å². The number of carbonyl (C=O) groups is 2. The number of hydrogen-bond acceptors (Lipinski definition) is 4. The zero-order chi connectivity index (χ0) is 14.5. The van der Waals surface area contributed by atoms with E-state index >= 15 is 0 Å². The monoisotopic (exact) mass is 291 g/mol. The van der Waals surface area contributed by atoms with Gasteiger partial charge in [-0.2, -0.15) is 0 Å². The van der Waals surface area contributed by atoms with E-state index in [0.29, 0.717) is 18.7 Å². The van der Waals surface area contributed by atoms with Crippen LogP contribution in [0, 0.1) is 0 Å². The summed E-state index contributed by atoms with van der Waals surface area (Å²) < 4.78 is 5.97. The summed E-state index contributed by atoms with van der Waals surface area (Å²) in [6, 6.07) is 7.77. The molecule has 1 amide bonds. The van der Waals surface area contributed by atoms with Gasteiger partial charge in [0.1, 0.15) is 6.54 Å². The van der Waals surface area contributed by atoms with Crippen molar-refractivity contribution in [2.24, 2.45) is 0 Å². The number of ether oxygens (including phenoxy) is 1. The average Bonchev–Trinajstić information content (AvgIpc) is 2.88. The van der Waals surface area contributed by atoms with Crippen molar-refractivity contribution in [2.45, 2.75) is 13.8 Å². The van der Waals surface area contributed by atoms with Crippen molar-refractivity contribution in [3.63, 3.8) is 0 Å². The molecule has 5 heteroatoms. The standard InChI is InChI=1S/C15H17NO3S/c1-3-16(9-14(17)19-4-2)15(18)12-10-20-13-8-6-5-7-11(12)13/h5-8,10H,3-4,9H2,1-2H3. The first-order valence-electron chi connectivity index (χ1n) is 6.58. The van der Waals surface area contributed by atoms with Gasteiger partial charge in [0, 0.05) is 22.0 Å². The lowest BCUT2D eigenvalue weighted by Gasteiger charge is -2.19. The van der Waals surface area contributed by atoms with Gasteiger partial charge in [-0.3, -0.25) is 9.59 Å². The molecule has 20 heavy (non-hydrogen) atoms. The van der Waals surface area contributed by atoms with Crippen molar-refractivity contribution in [2.75, 3.05) is 19.7 Å². The molecule has 0 aliphatic rings. The summed E-state index contributed by atoms with van der Waals surface area (Å²) in [6.45, 7) is 4.40. The lowest BCUT2D eigenvalue weighted by molar-refractivity contribution is -0.143. The SMILES string of the molecule is CCOC(=O)CN(CC)C(=O)c1csc2ccccc12. The largest absolute Gasteiger partial charge is 0.465 e. The van der Waals surface area contributed by atoms with Gasteiger partial charge in [-0.05, 0) is 19.9 Å². The summed E-state index contributed by atoms with van der Waals surface area (Å²) in [5.41, 5.74) is 0.650. The summed E-state index contributed by atoms with van der Waals surface area (Å²) >= 11 is 1.54. The van der Waals surface area contributed by atoms with Crippen LogP contribution in [0.4, 0.5) is 0 Å². The normalized spacial score (nSPS) is 10.5. The molecule has 0 N–H and O–H groups in total. The number of amides is 1. The van der Waals surface area contributed by atoms with Crippen molar-refractivity contribution in [3.05, 3.63) is 35.2 Å². The molecule has 0 spiro atoms. The highest BCUT2D eigenvalue weighted by atomic mass is 32.1. The Bertz CT molecular complexity index is 620. The second kappa shape index (κ2) is 6.52. The van der Waals surface area contributed by atoms with Crippen LogP contribution in [-0.4, -0.2) is 36.5 Å². The highest BCUT2D eigenvalue weighted by molar-refractivity contribution is 7.17. The van der Waals surface area contributed by atoms with E-state index in [-0.39, 0.29) is 18.4 Å². The smallest absolute Gasteiger partial charge is 0.325 e. The number of likely N-dealkylation sites (N-methyl/N-ethyl adjacent to an activating group) is 1. The van der Waals surface area contributed by atoms with Gasteiger partial charge >= 0.3 is 5.97 Å². The van der Waals surface area contributed by atoms with Crippen LogP contribution in [0.3, 0.4) is 0 Å². The lowest BCUT2D eigenvalue weighted by Crippen LogP contribution is -2.36. The van der Waals surface area contributed by atoms with E-state index in [4.69, 9.17) is 4.74 Å². The maximum absolute atomic E-state index is 12.5. The van der Waals surface area contributed by atoms with Gasteiger partial charge in [-0.15, -0.1) is 11.3 Å². The molecule has 4 nitrogen and oxygen atoms in total. The third-order valence-electron chi connectivity index (χ3n) is 3.01. The van der Waals surface area contributed by atoms with E-state index in [0.717, 1.165) is 10.1 Å². The molecule has 1 heterocycles. The van der Waals surface area contributed by atoms with Gasteiger partial charge in [0.05, 0.1) is 12.2 Å². The fourth-order valence-corrected chi connectivity index (χ4v) is 2.94. The van der Waals surface area contributed by atoms with Crippen LogP contribution in [0.1, 0.15) is 24.2 Å². The van der Waals surface area contributed by atoms with Crippen LogP contribution < -0.4 is 0 Å². The highest BCUT2D eigenvalue weighted by Gasteiger charge is 2.20. The maximum atomic E-state index is 12.5. The number of thiophene rings is 1. The molecule has 0 atom stereocenters. The Morgan fingerprint density at radius 1 is 1.25 bits per heavy atom. The first-order valence-corrected chi connectivity index (χ1v) is 7.46. The number of benzene rings is 1. The Labute approximate surface area is 122 Å². The molecular formula is C15H17NO3S. The Morgan fingerprint density at radius 3 is 2.70 bits per heavy atom. The topological polar surface area (TPSA) is 46.6 Å². The molecule has 2 aromatic rings. The minimum absolute atomic E-state index is 0.00660. The quantitative estimate of drug-likeness (QED) is 0.796. The van der Waals surface area contributed by atoms with Gasteiger partial charge < -0.3 is 9.64 Å². The van der Waals surface area contributed by atoms with Crippen LogP contribution in [0.5, 0.6) is 0 Å². The van der Waals surface area contributed by atoms with E-state index in [1.807, 2.05) is 36.6 Å². The van der Waals surface area contributed by atoms with Gasteiger partial charge in [-0.1, -0.05) is 18.2 Å². The lowest BCUT2D eigenvalue weighted by atomic mass is 10.1. The third kappa shape index (κ3) is 2.99. The van der Waals surface area contributed by atoms with Crippen LogP contribution >= 0.6 is 11.3 Å². The molecule has 0 aliphatic carbocycles. The summed E-state index contributed by atoms with van der Waals surface area (Å²) in [7, 11) is 0. The minimum Gasteiger partial charge on any atom is -0.465 e. The number of rotatable bonds is 5. The van der Waals surface area contributed by atoms with Crippen molar-refractivity contribution in [3.8, 4) is 0 Å². The number of hydrogen-bond donors (Lipinski definition) is 0. The van der Waals surface area contributed by atoms with E-state index in [1.165, 1.54) is 16.2 Å². The average molecular weight is 291 g/mol. The summed E-state index contributed by atoms with van der Waals surface area (Å²) in [5.74, 6) is -0.500. The molecule has 106 valence electrons. The molecular weight excluding hydrogens is 274 g/mol. The number of carbonyl (C=O) groups excluding carboxylic acids is 2. The van der Waals surface area contributed by atoms with Crippen molar-refractivity contribution in [1.82, 2.24) is 4.90 Å². The molecule has 1 aromatic carbocycles. The zero-order valence-electron chi connectivity index (χ0n) is 11.6. The second-order valence-electron chi connectivity index (χ2n) is 4.27. The van der Waals surface area contributed by atoms with Crippen LogP contribution in [-0.2, 0) is 9.53 Å². The molecule has 1 aromatic heterocycles. The first-order chi connectivity index (χ1) is 9.67. The second-order valence-corrected chi connectivity index (χ2v) is 5.18. The fraction of sp³-hybridized carbons (Fsp3) is 0.333. The molecule has 0 bridgehead atoms. The van der Waals surface area contributed by atoms with Gasteiger partial charge in [-0.25, -0.2) is 0 Å². The molecule has 0 unspecified atom stereocenters. The Kier molecular flexibility index (Phi) is 4.74. The Balaban J connectivity index is 2.22. The van der Waals surface area contributed by atoms with Gasteiger partial charge in [0.15, 0.2) is 0 Å². The Morgan fingerprint density at radius 2 is 2.00 bits per heavy atom. The molecule has 2 rings (SSSR count). The van der Waals surface area contributed by atoms with E-state index < -0.39 is 0 Å². The molecule has 0 fully saturated rings. The molecule has 0 aliphatic heterocycles. The van der Waals surface area contributed by atoms with E-state index in [2.05, 4.69) is 0 Å². The number of nitrogens with zero attached hydrogens (tertiary/aromatic N) is 1. The summed E-state index contributed by atoms with van der Waals surface area (Å²) in [6.07, 6.45) is 0. The van der Waals surface area contributed by atoms with Crippen LogP contribution in [0.2, 0.25) is 0 Å². The summed E-state index contributed by atoms with van der Waals surface area (Å²) in [5, 5.41) is 2.78. The highest BCUT2D eigenvalue weighted by Crippen LogP contribution is 2.26. The molecule has 0 saturated carbocycles. The predicted octanol–water partition coefficient (Wildman–Crippen LogP) is 2.93. The van der Waals surface area contributed by atoms with Gasteiger partial charge in [0.25, 0.3) is 5.91 Å². The zero-order valence-corrected chi connectivity index (χ0v) is 12.4. The minimum atomic E-state index is -0.373. The molecule has 0 saturated heterocycles. The maximum Gasteiger partial charge on any atom is 0.325 e.